The second kappa shape index (κ2) is 5.53. The van der Waals surface area contributed by atoms with Crippen molar-refractivity contribution >= 4 is 31.9 Å². The molecule has 2 aromatic rings. The lowest BCUT2D eigenvalue weighted by Crippen LogP contribution is -2.21. The topological polar surface area (TPSA) is 21.9 Å². The largest absolute Gasteiger partial charge is 0.294 e. The average Bonchev–Trinajstić information content (AvgIpc) is 3.18. The van der Waals surface area contributed by atoms with E-state index in [0.29, 0.717) is 0 Å². The SMILES string of the molecule is CCC1(c2cccc(Br)c2)NC1(CC)c1cccc(Br)c1. The Morgan fingerprint density at radius 1 is 0.810 bits per heavy atom. The first-order valence-corrected chi connectivity index (χ1v) is 8.98. The number of hydrogen-bond acceptors (Lipinski definition) is 1. The molecular formula is C18H19Br2N. The lowest BCUT2D eigenvalue weighted by atomic mass is 9.78. The third kappa shape index (κ3) is 2.30. The summed E-state index contributed by atoms with van der Waals surface area (Å²) in [5.74, 6) is 0. The molecule has 3 heteroatoms. The molecule has 21 heavy (non-hydrogen) atoms. The van der Waals surface area contributed by atoms with Gasteiger partial charge in [0.1, 0.15) is 0 Å². The fourth-order valence-corrected chi connectivity index (χ4v) is 4.47. The summed E-state index contributed by atoms with van der Waals surface area (Å²) in [5, 5.41) is 3.84. The van der Waals surface area contributed by atoms with Crippen molar-refractivity contribution in [2.45, 2.75) is 37.8 Å². The van der Waals surface area contributed by atoms with Gasteiger partial charge in [-0.3, -0.25) is 5.32 Å². The second-order valence-corrected chi connectivity index (χ2v) is 7.49. The van der Waals surface area contributed by atoms with E-state index in [4.69, 9.17) is 0 Å². The molecule has 0 amide bonds. The van der Waals surface area contributed by atoms with Crippen molar-refractivity contribution in [2.75, 3.05) is 0 Å². The van der Waals surface area contributed by atoms with E-state index in [1.165, 1.54) is 11.1 Å². The summed E-state index contributed by atoms with van der Waals surface area (Å²) < 4.78 is 2.28. The van der Waals surface area contributed by atoms with Crippen LogP contribution in [-0.2, 0) is 11.1 Å². The Bertz CT molecular complexity index is 612. The van der Waals surface area contributed by atoms with Crippen LogP contribution in [0.15, 0.2) is 57.5 Å². The van der Waals surface area contributed by atoms with Crippen molar-refractivity contribution in [3.8, 4) is 0 Å². The highest BCUT2D eigenvalue weighted by Crippen LogP contribution is 2.58. The molecule has 2 atom stereocenters. The Kier molecular flexibility index (Phi) is 4.02. The molecule has 1 aliphatic rings. The molecule has 2 aromatic carbocycles. The number of benzene rings is 2. The van der Waals surface area contributed by atoms with Gasteiger partial charge in [-0.05, 0) is 48.2 Å². The van der Waals surface area contributed by atoms with E-state index in [0.717, 1.165) is 21.8 Å². The van der Waals surface area contributed by atoms with Crippen molar-refractivity contribution in [3.05, 3.63) is 68.6 Å². The lowest BCUT2D eigenvalue weighted by Gasteiger charge is -2.22. The zero-order valence-electron chi connectivity index (χ0n) is 12.3. The van der Waals surface area contributed by atoms with Gasteiger partial charge in [0.25, 0.3) is 0 Å². The maximum Gasteiger partial charge on any atom is 0.0666 e. The third-order valence-corrected chi connectivity index (χ3v) is 5.77. The van der Waals surface area contributed by atoms with E-state index in [9.17, 15) is 0 Å². The van der Waals surface area contributed by atoms with Gasteiger partial charge in [0.15, 0.2) is 0 Å². The van der Waals surface area contributed by atoms with Gasteiger partial charge in [-0.25, -0.2) is 0 Å². The minimum Gasteiger partial charge on any atom is -0.294 e. The molecule has 0 bridgehead atoms. The Morgan fingerprint density at radius 3 is 1.57 bits per heavy atom. The molecular weight excluding hydrogens is 390 g/mol. The highest BCUT2D eigenvalue weighted by molar-refractivity contribution is 9.10. The van der Waals surface area contributed by atoms with Crippen molar-refractivity contribution in [3.63, 3.8) is 0 Å². The van der Waals surface area contributed by atoms with Crippen molar-refractivity contribution in [1.82, 2.24) is 5.32 Å². The summed E-state index contributed by atoms with van der Waals surface area (Å²) in [6.45, 7) is 4.53. The predicted octanol–water partition coefficient (Wildman–Crippen LogP) is 5.73. The molecule has 0 spiro atoms. The lowest BCUT2D eigenvalue weighted by molar-refractivity contribution is 0.506. The summed E-state index contributed by atoms with van der Waals surface area (Å²) in [7, 11) is 0. The Morgan fingerprint density at radius 2 is 1.24 bits per heavy atom. The van der Waals surface area contributed by atoms with Crippen LogP contribution >= 0.6 is 31.9 Å². The van der Waals surface area contributed by atoms with Crippen molar-refractivity contribution in [1.29, 1.82) is 0 Å². The minimum absolute atomic E-state index is 0.0341. The van der Waals surface area contributed by atoms with E-state index < -0.39 is 0 Å². The zero-order chi connectivity index (χ0) is 15.1. The first kappa shape index (κ1) is 15.3. The van der Waals surface area contributed by atoms with Crippen LogP contribution in [0.4, 0.5) is 0 Å². The van der Waals surface area contributed by atoms with Gasteiger partial charge >= 0.3 is 0 Å². The number of hydrogen-bond donors (Lipinski definition) is 1. The van der Waals surface area contributed by atoms with E-state index in [1.807, 2.05) is 0 Å². The fraction of sp³-hybridized carbons (Fsp3) is 0.333. The molecule has 110 valence electrons. The molecule has 1 saturated heterocycles. The maximum absolute atomic E-state index is 3.84. The average molecular weight is 409 g/mol. The minimum atomic E-state index is 0.0341. The van der Waals surface area contributed by atoms with Gasteiger partial charge in [-0.1, -0.05) is 70.0 Å². The monoisotopic (exact) mass is 407 g/mol. The standard InChI is InChI=1S/C18H19Br2N/c1-3-17(13-7-5-9-15(19)11-13)18(4-2,21-17)14-8-6-10-16(20)12-14/h5-12,21H,3-4H2,1-2H3. The Balaban J connectivity index is 2.10. The zero-order valence-corrected chi connectivity index (χ0v) is 15.5. The van der Waals surface area contributed by atoms with Crippen molar-refractivity contribution < 1.29 is 0 Å². The normalized spacial score (nSPS) is 27.6. The Hall–Kier alpha value is -0.640. The van der Waals surface area contributed by atoms with Crippen molar-refractivity contribution in [2.24, 2.45) is 0 Å². The molecule has 0 radical (unpaired) electrons. The summed E-state index contributed by atoms with van der Waals surface area (Å²) in [6, 6.07) is 17.4. The molecule has 1 nitrogen and oxygen atoms in total. The van der Waals surface area contributed by atoms with Gasteiger partial charge in [0.05, 0.1) is 11.1 Å². The Labute approximate surface area is 143 Å². The quantitative estimate of drug-likeness (QED) is 0.641. The second-order valence-electron chi connectivity index (χ2n) is 5.66. The van der Waals surface area contributed by atoms with E-state index in [-0.39, 0.29) is 11.1 Å². The van der Waals surface area contributed by atoms with Crippen LogP contribution < -0.4 is 5.32 Å². The summed E-state index contributed by atoms with van der Waals surface area (Å²) >= 11 is 7.21. The molecule has 0 saturated carbocycles. The molecule has 1 heterocycles. The van der Waals surface area contributed by atoms with Crippen LogP contribution in [0.25, 0.3) is 0 Å². The van der Waals surface area contributed by atoms with Gasteiger partial charge < -0.3 is 0 Å². The molecule has 0 aliphatic carbocycles. The summed E-state index contributed by atoms with van der Waals surface area (Å²) in [5.41, 5.74) is 2.79. The maximum atomic E-state index is 3.84. The van der Waals surface area contributed by atoms with Gasteiger partial charge in [0.2, 0.25) is 0 Å². The van der Waals surface area contributed by atoms with Crippen LogP contribution in [0.2, 0.25) is 0 Å². The van der Waals surface area contributed by atoms with Crippen LogP contribution in [-0.4, -0.2) is 0 Å². The third-order valence-electron chi connectivity index (χ3n) is 4.79. The smallest absolute Gasteiger partial charge is 0.0666 e. The first-order chi connectivity index (χ1) is 10.1. The molecule has 3 rings (SSSR count). The number of halogens is 2. The van der Waals surface area contributed by atoms with Gasteiger partial charge in [0, 0.05) is 8.95 Å². The highest BCUT2D eigenvalue weighted by Gasteiger charge is 2.66. The molecule has 1 N–H and O–H groups in total. The highest BCUT2D eigenvalue weighted by atomic mass is 79.9. The molecule has 1 aliphatic heterocycles. The van der Waals surface area contributed by atoms with Crippen LogP contribution in [0.3, 0.4) is 0 Å². The first-order valence-electron chi connectivity index (χ1n) is 7.39. The van der Waals surface area contributed by atoms with E-state index >= 15 is 0 Å². The number of nitrogens with one attached hydrogen (secondary N) is 1. The fourth-order valence-electron chi connectivity index (χ4n) is 3.67. The summed E-state index contributed by atoms with van der Waals surface area (Å²) in [6.07, 6.45) is 2.15. The summed E-state index contributed by atoms with van der Waals surface area (Å²) in [4.78, 5) is 0. The van der Waals surface area contributed by atoms with Gasteiger partial charge in [-0.2, -0.15) is 0 Å². The van der Waals surface area contributed by atoms with Crippen LogP contribution in [0.5, 0.6) is 0 Å². The molecule has 2 unspecified atom stereocenters. The van der Waals surface area contributed by atoms with Gasteiger partial charge in [-0.15, -0.1) is 0 Å². The van der Waals surface area contributed by atoms with E-state index in [2.05, 4.69) is 99.6 Å². The molecule has 0 aromatic heterocycles. The van der Waals surface area contributed by atoms with E-state index in [1.54, 1.807) is 0 Å². The molecule has 1 fully saturated rings. The number of rotatable bonds is 4. The van der Waals surface area contributed by atoms with Crippen LogP contribution in [0, 0.1) is 0 Å². The van der Waals surface area contributed by atoms with Crippen LogP contribution in [0.1, 0.15) is 37.8 Å². The predicted molar refractivity (Wildman–Crippen MR) is 95.4 cm³/mol.